The second-order valence-corrected chi connectivity index (χ2v) is 29.8. The van der Waals surface area contributed by atoms with E-state index in [0.717, 1.165) is 68.2 Å². The van der Waals surface area contributed by atoms with Crippen molar-refractivity contribution >= 4 is 118 Å². The number of ether oxygens (including phenoxy) is 4. The molecule has 0 amide bonds. The van der Waals surface area contributed by atoms with Crippen molar-refractivity contribution in [2.45, 2.75) is 55.2 Å². The van der Waals surface area contributed by atoms with Gasteiger partial charge in [-0.2, -0.15) is 13.2 Å². The average Bonchev–Trinajstić information content (AvgIpc) is 0.743. The van der Waals surface area contributed by atoms with Crippen molar-refractivity contribution in [2.75, 3.05) is 85.4 Å². The molecule has 114 heavy (non-hydrogen) atoms. The molecule has 0 aliphatic rings. The van der Waals surface area contributed by atoms with E-state index in [0.29, 0.717) is 72.4 Å². The molecule has 0 saturated carbocycles. The zero-order chi connectivity index (χ0) is 81.1. The van der Waals surface area contributed by atoms with Crippen LogP contribution in [-0.4, -0.2) is 99.7 Å². The molecule has 0 atom stereocenters. The Hall–Kier alpha value is -12.9. The molecule has 22 nitrogen and oxygen atoms in total. The Morgan fingerprint density at radius 1 is 0.368 bits per heavy atom. The number of hydrogen-bond acceptors (Lipinski definition) is 22. The highest BCUT2D eigenvalue weighted by Crippen LogP contribution is 2.45. The number of rotatable bonds is 19. The minimum Gasteiger partial charge on any atom is -0.505 e. The molecule has 0 unspecified atom stereocenters. The molecule has 0 radical (unpaired) electrons. The normalized spacial score (nSPS) is 11.4. The first-order valence-electron chi connectivity index (χ1n) is 35.1. The first-order valence-corrected chi connectivity index (χ1v) is 37.5. The number of hydrogen-bond donors (Lipinski definition) is 3. The Labute approximate surface area is 660 Å². The number of halogens is 3. The van der Waals surface area contributed by atoms with Crippen molar-refractivity contribution in [3.63, 3.8) is 0 Å². The second kappa shape index (κ2) is 33.2. The fraction of sp³-hybridized carbons (Fsp3) is 0.163. The van der Waals surface area contributed by atoms with Crippen LogP contribution in [0.25, 0.3) is 65.6 Å². The van der Waals surface area contributed by atoms with Gasteiger partial charge < -0.3 is 75.9 Å². The Kier molecular flexibility index (Phi) is 23.0. The van der Waals surface area contributed by atoms with Gasteiger partial charge in [0.25, 0.3) is 16.7 Å². The summed E-state index contributed by atoms with van der Waals surface area (Å²) in [4.78, 5) is 87.0. The zero-order valence-electron chi connectivity index (χ0n) is 62.9. The van der Waals surface area contributed by atoms with Gasteiger partial charge in [-0.05, 0) is 150 Å². The van der Waals surface area contributed by atoms with E-state index >= 15 is 0 Å². The van der Waals surface area contributed by atoms with Gasteiger partial charge in [0, 0.05) is 90.2 Å². The third-order valence-corrected chi connectivity index (χ3v) is 22.0. The van der Waals surface area contributed by atoms with Crippen LogP contribution in [0.15, 0.2) is 278 Å². The highest BCUT2D eigenvalue weighted by Gasteiger charge is 2.35. The fourth-order valence-electron chi connectivity index (χ4n) is 12.8. The van der Waals surface area contributed by atoms with Crippen molar-refractivity contribution in [3.8, 4) is 40.2 Å². The van der Waals surface area contributed by atoms with E-state index in [4.69, 9.17) is 32.2 Å². The van der Waals surface area contributed by atoms with E-state index in [2.05, 4.69) is 0 Å². The molecule has 3 N–H and O–H groups in total. The van der Waals surface area contributed by atoms with Crippen LogP contribution in [0, 0.1) is 0 Å². The summed E-state index contributed by atoms with van der Waals surface area (Å²) in [5, 5.41) is 34.9. The number of alkyl halides is 3. The Morgan fingerprint density at radius 2 is 0.693 bits per heavy atom. The Bertz CT molecular complexity index is 6590. The molecule has 0 spiro atoms. The van der Waals surface area contributed by atoms with Crippen LogP contribution in [0.4, 0.5) is 30.2 Å². The average molecular weight is 1600 g/mol. The predicted molar refractivity (Wildman–Crippen MR) is 440 cm³/mol. The summed E-state index contributed by atoms with van der Waals surface area (Å²) in [6.07, 6.45) is -4.69. The third kappa shape index (κ3) is 16.1. The van der Waals surface area contributed by atoms with Crippen molar-refractivity contribution in [2.24, 2.45) is 0 Å². The maximum atomic E-state index is 14.0. The summed E-state index contributed by atoms with van der Waals surface area (Å²) in [6.45, 7) is 0.596. The van der Waals surface area contributed by atoms with Crippen LogP contribution in [0.2, 0.25) is 0 Å². The maximum Gasteiger partial charge on any atom is 0.417 e. The van der Waals surface area contributed by atoms with Gasteiger partial charge in [0.05, 0.1) is 70.2 Å². The molecule has 0 fully saturated rings. The van der Waals surface area contributed by atoms with Gasteiger partial charge in [-0.3, -0.25) is 14.4 Å². The summed E-state index contributed by atoms with van der Waals surface area (Å²) in [6, 6.07) is 59.1. The summed E-state index contributed by atoms with van der Waals surface area (Å²) in [7, 11) is 17.6. The highest BCUT2D eigenvalue weighted by atomic mass is 32.2. The molecular formula is C86H73F3N6O16S3. The van der Waals surface area contributed by atoms with E-state index in [1.807, 2.05) is 166 Å². The first kappa shape index (κ1) is 79.2. The maximum absolute atomic E-state index is 14.0. The lowest BCUT2D eigenvalue weighted by Gasteiger charge is -2.18. The lowest BCUT2D eigenvalue weighted by molar-refractivity contribution is -0.139. The molecule has 6 aromatic heterocycles. The summed E-state index contributed by atoms with van der Waals surface area (Å²) >= 11 is 2.48. The number of methoxy groups -OCH3 is 4. The SMILES string of the molecule is COc1ccc(Cn2c(=O)c3c(O)c(Sc4cccc(OC)c4)c(=O)oc3c3ccc(N(C)C)cc32)cc1.COc1ccc(Cn2c(=O)c3c(O)c(Sc4ccccc4)c(=O)oc3c3ccc(N(C)C)cc32)cc1.COc1ccc(Cn2c(=O)c3c(O)c(Sc4ccccc4C(F)(F)F)c(=O)oc3c3ccc(N(C)C)cc32)cc1. The monoisotopic (exact) mass is 1600 g/mol. The standard InChI is InChI=1S/C29H23F3N2O5S.C29H26N2O6S.C28H24N2O5S/c1-33(2)17-10-13-19-21(14-17)34(15-16-8-11-18(38-3)12-9-16)27(36)23-24(35)26(28(37)39-25(19)23)40-22-7-5-4-6-20(22)29(30,31)32;1-30(2)18-10-13-22-23(14-18)31(16-17-8-11-19(35-3)12-9-17)28(33)24-25(32)27(29(34)37-26(22)24)38-21-7-5-6-20(15-21)36-4;1-29(2)18-11-14-21-22(15-18)30(16-17-9-12-19(34-3)13-10-17)27(32)23-24(31)26(28(33)35-25(21)23)36-20-7-5-4-6-8-20/h4-14,35H,15H2,1-3H3;5-15,32H,16H2,1-4H3;4-15,31H,16H2,1-3H3. The predicted octanol–water partition coefficient (Wildman–Crippen LogP) is 16.3. The van der Waals surface area contributed by atoms with Gasteiger partial charge in [0.15, 0.2) is 34.0 Å². The molecule has 28 heteroatoms. The molecule has 582 valence electrons. The van der Waals surface area contributed by atoms with Gasteiger partial charge in [-0.25, -0.2) is 14.4 Å². The highest BCUT2D eigenvalue weighted by molar-refractivity contribution is 8.00. The quantitative estimate of drug-likeness (QED) is 0.0635. The van der Waals surface area contributed by atoms with Crippen LogP contribution >= 0.6 is 35.3 Å². The van der Waals surface area contributed by atoms with E-state index < -0.39 is 61.7 Å². The molecule has 0 aliphatic heterocycles. The van der Waals surface area contributed by atoms with E-state index in [1.165, 1.54) is 22.8 Å². The van der Waals surface area contributed by atoms with Gasteiger partial charge >= 0.3 is 23.1 Å². The van der Waals surface area contributed by atoms with Crippen LogP contribution in [0.5, 0.6) is 40.2 Å². The largest absolute Gasteiger partial charge is 0.505 e. The van der Waals surface area contributed by atoms with Gasteiger partial charge in [-0.15, -0.1) is 0 Å². The van der Waals surface area contributed by atoms with E-state index in [9.17, 15) is 57.3 Å². The smallest absolute Gasteiger partial charge is 0.417 e. The van der Waals surface area contributed by atoms with Crippen molar-refractivity contribution < 1.29 is 60.7 Å². The van der Waals surface area contributed by atoms with Crippen LogP contribution < -0.4 is 67.2 Å². The number of pyridine rings is 3. The molecule has 0 bridgehead atoms. The molecule has 15 rings (SSSR count). The number of nitrogens with zero attached hydrogens (tertiary/aromatic N) is 6. The fourth-order valence-corrected chi connectivity index (χ4v) is 15.5. The Morgan fingerprint density at radius 3 is 1.04 bits per heavy atom. The van der Waals surface area contributed by atoms with Gasteiger partial charge in [0.1, 0.15) is 53.8 Å². The second-order valence-electron chi connectivity index (χ2n) is 26.6. The van der Waals surface area contributed by atoms with E-state index in [-0.39, 0.29) is 73.0 Å². The molecule has 0 saturated heterocycles. The van der Waals surface area contributed by atoms with Crippen LogP contribution in [0.1, 0.15) is 22.3 Å². The molecule has 6 heterocycles. The van der Waals surface area contributed by atoms with Crippen LogP contribution in [-0.2, 0) is 25.8 Å². The lowest BCUT2D eigenvalue weighted by atomic mass is 10.1. The van der Waals surface area contributed by atoms with Crippen LogP contribution in [0.3, 0.4) is 0 Å². The number of anilines is 3. The summed E-state index contributed by atoms with van der Waals surface area (Å²) < 4.78 is 83.4. The van der Waals surface area contributed by atoms with Crippen molar-refractivity contribution in [1.29, 1.82) is 0 Å². The van der Waals surface area contributed by atoms with E-state index in [1.54, 1.807) is 110 Å². The number of aromatic nitrogens is 3. The topological polar surface area (TPSA) is 264 Å². The number of benzene rings is 9. The first-order chi connectivity index (χ1) is 54.7. The van der Waals surface area contributed by atoms with Crippen molar-refractivity contribution in [3.05, 3.63) is 291 Å². The molecule has 9 aromatic carbocycles. The Balaban J connectivity index is 0.000000149. The molecular weight excluding hydrogens is 1530 g/mol. The summed E-state index contributed by atoms with van der Waals surface area (Å²) in [5.41, 5.74) is 1.61. The lowest BCUT2D eigenvalue weighted by Crippen LogP contribution is -2.23. The van der Waals surface area contributed by atoms with Gasteiger partial charge in [0.2, 0.25) is 0 Å². The molecule has 15 aromatic rings. The number of aromatic hydroxyl groups is 3. The number of fused-ring (bicyclic) bond motifs is 9. The molecule has 0 aliphatic carbocycles. The summed E-state index contributed by atoms with van der Waals surface area (Å²) in [5.74, 6) is 1.14. The third-order valence-electron chi connectivity index (χ3n) is 18.8. The van der Waals surface area contributed by atoms with Gasteiger partial charge in [-0.1, -0.05) is 108 Å². The zero-order valence-corrected chi connectivity index (χ0v) is 65.4. The van der Waals surface area contributed by atoms with Crippen molar-refractivity contribution in [1.82, 2.24) is 13.7 Å². The minimum atomic E-state index is -4.69. The minimum absolute atomic E-state index is 0.0216.